The van der Waals surface area contributed by atoms with E-state index in [-0.39, 0.29) is 23.4 Å². The van der Waals surface area contributed by atoms with Crippen molar-refractivity contribution in [2.24, 2.45) is 0 Å². The predicted molar refractivity (Wildman–Crippen MR) is 162 cm³/mol. The highest BCUT2D eigenvalue weighted by molar-refractivity contribution is 6.74. The zero-order valence-electron chi connectivity index (χ0n) is 25.1. The van der Waals surface area contributed by atoms with Gasteiger partial charge in [0.25, 0.3) is 0 Å². The number of rotatable bonds is 14. The van der Waals surface area contributed by atoms with E-state index >= 15 is 0 Å². The van der Waals surface area contributed by atoms with Crippen LogP contribution >= 0.6 is 0 Å². The molecule has 4 atom stereocenters. The summed E-state index contributed by atoms with van der Waals surface area (Å²) in [7, 11) is -1.95. The highest BCUT2D eigenvalue weighted by Crippen LogP contribution is 2.36. The molecule has 1 heterocycles. The molecule has 0 saturated carbocycles. The van der Waals surface area contributed by atoms with Crippen LogP contribution in [0.15, 0.2) is 72.4 Å². The molecule has 0 amide bonds. The van der Waals surface area contributed by atoms with Gasteiger partial charge in [0.2, 0.25) is 0 Å². The fraction of sp³-hybridized carbons (Fsp3) is 0.594. The third kappa shape index (κ3) is 13.2. The largest absolute Gasteiger partial charge is 0.456 e. The van der Waals surface area contributed by atoms with Crippen LogP contribution in [0.3, 0.4) is 0 Å². The van der Waals surface area contributed by atoms with E-state index < -0.39 is 20.4 Å². The first-order valence-corrected chi connectivity index (χ1v) is 16.6. The maximum Gasteiger partial charge on any atom is 0.331 e. The standard InChI is InChI=1S/C32H52O5Si/c1-23(2)18-29(22-35-38(10,11)32(7,8)9)37-31(34)17-12-14-25(5)19-27(33)15-13-16-28-20-26(6)21-30(36-28)24(3)4/h12-15,17,27-30,33H,1,3,6,16,18-22H2,2,4-5,7-11H3/b15-13+,17-12+,25-14-/t27-,28+,29?,30+/m1/s1. The van der Waals surface area contributed by atoms with E-state index in [1.165, 1.54) is 11.6 Å². The Kier molecular flexibility index (Phi) is 13.9. The second kappa shape index (κ2) is 15.6. The van der Waals surface area contributed by atoms with Gasteiger partial charge in [-0.25, -0.2) is 4.79 Å². The number of hydrogen-bond donors (Lipinski definition) is 1. The normalized spacial score (nSPS) is 21.1. The number of hydrogen-bond acceptors (Lipinski definition) is 5. The van der Waals surface area contributed by atoms with Gasteiger partial charge in [0.05, 0.1) is 24.9 Å². The average Bonchev–Trinajstić information content (AvgIpc) is 2.76. The zero-order valence-corrected chi connectivity index (χ0v) is 26.1. The van der Waals surface area contributed by atoms with E-state index in [0.29, 0.717) is 19.4 Å². The summed E-state index contributed by atoms with van der Waals surface area (Å²) in [4.78, 5) is 12.4. The minimum atomic E-state index is -1.95. The maximum absolute atomic E-state index is 12.4. The number of allylic oxidation sites excluding steroid dienone is 2. The van der Waals surface area contributed by atoms with Gasteiger partial charge < -0.3 is 19.0 Å². The Morgan fingerprint density at radius 1 is 1.18 bits per heavy atom. The molecule has 1 N–H and O–H groups in total. The van der Waals surface area contributed by atoms with Crippen LogP contribution in [0.2, 0.25) is 18.1 Å². The molecule has 0 radical (unpaired) electrons. The summed E-state index contributed by atoms with van der Waals surface area (Å²) in [6, 6.07) is 0. The molecule has 38 heavy (non-hydrogen) atoms. The van der Waals surface area contributed by atoms with Gasteiger partial charge >= 0.3 is 5.97 Å². The fourth-order valence-electron chi connectivity index (χ4n) is 3.81. The Morgan fingerprint density at radius 3 is 2.42 bits per heavy atom. The SMILES string of the molecule is C=C(C)CC(CO[Si](C)(C)C(C)(C)C)OC(=O)/C=C/C=C(/C)C[C@H](O)/C=C/C[C@H]1CC(=C)C[C@@H](C(=C)C)O1. The van der Waals surface area contributed by atoms with Crippen LogP contribution in [-0.2, 0) is 18.7 Å². The van der Waals surface area contributed by atoms with Gasteiger partial charge in [0.15, 0.2) is 8.32 Å². The van der Waals surface area contributed by atoms with Crippen LogP contribution in [0, 0.1) is 0 Å². The Hall–Kier alpha value is -1.99. The van der Waals surface area contributed by atoms with Crippen LogP contribution in [0.4, 0.5) is 0 Å². The highest BCUT2D eigenvalue weighted by Gasteiger charge is 2.37. The maximum atomic E-state index is 12.4. The molecular weight excluding hydrogens is 492 g/mol. The molecule has 0 aromatic rings. The summed E-state index contributed by atoms with van der Waals surface area (Å²) in [6.07, 6.45) is 11.2. The number of carbonyl (C=O) groups excluding carboxylic acids is 1. The van der Waals surface area contributed by atoms with Crippen molar-refractivity contribution in [2.45, 2.75) is 116 Å². The molecule has 1 saturated heterocycles. The molecule has 1 fully saturated rings. The van der Waals surface area contributed by atoms with Gasteiger partial charge in [-0.2, -0.15) is 0 Å². The van der Waals surface area contributed by atoms with Crippen LogP contribution < -0.4 is 0 Å². The van der Waals surface area contributed by atoms with E-state index in [1.54, 1.807) is 12.2 Å². The molecule has 5 nitrogen and oxygen atoms in total. The third-order valence-corrected chi connectivity index (χ3v) is 11.6. The van der Waals surface area contributed by atoms with Crippen LogP contribution in [0.25, 0.3) is 0 Å². The zero-order chi connectivity index (χ0) is 29.1. The van der Waals surface area contributed by atoms with E-state index in [9.17, 15) is 9.90 Å². The van der Waals surface area contributed by atoms with Crippen molar-refractivity contribution in [3.8, 4) is 0 Å². The van der Waals surface area contributed by atoms with Gasteiger partial charge in [-0.3, -0.25) is 0 Å². The number of aliphatic hydroxyl groups is 1. The molecule has 0 spiro atoms. The molecule has 0 aliphatic carbocycles. The minimum Gasteiger partial charge on any atom is -0.456 e. The Morgan fingerprint density at radius 2 is 1.84 bits per heavy atom. The van der Waals surface area contributed by atoms with E-state index in [0.717, 1.165) is 36.0 Å². The number of ether oxygens (including phenoxy) is 2. The van der Waals surface area contributed by atoms with Gasteiger partial charge in [0.1, 0.15) is 6.10 Å². The quantitative estimate of drug-likeness (QED) is 0.0796. The Balaban J connectivity index is 2.56. The Bertz CT molecular complexity index is 919. The lowest BCUT2D eigenvalue weighted by molar-refractivity contribution is -0.144. The lowest BCUT2D eigenvalue weighted by atomic mass is 9.94. The molecular formula is C32H52O5Si. The number of carbonyl (C=O) groups is 1. The van der Waals surface area contributed by atoms with Gasteiger partial charge in [-0.05, 0) is 64.6 Å². The summed E-state index contributed by atoms with van der Waals surface area (Å²) >= 11 is 0. The molecule has 1 aliphatic rings. The van der Waals surface area contributed by atoms with Crippen molar-refractivity contribution >= 4 is 14.3 Å². The minimum absolute atomic E-state index is 0.0315. The second-order valence-electron chi connectivity index (χ2n) is 12.4. The smallest absolute Gasteiger partial charge is 0.331 e. The summed E-state index contributed by atoms with van der Waals surface area (Å²) < 4.78 is 18.0. The molecule has 1 rings (SSSR count). The summed E-state index contributed by atoms with van der Waals surface area (Å²) in [6.45, 7) is 29.2. The topological polar surface area (TPSA) is 65.0 Å². The van der Waals surface area contributed by atoms with E-state index in [2.05, 4.69) is 53.6 Å². The molecule has 214 valence electrons. The molecule has 0 aromatic carbocycles. The first-order chi connectivity index (χ1) is 17.5. The molecule has 6 heteroatoms. The third-order valence-electron chi connectivity index (χ3n) is 7.09. The lowest BCUT2D eigenvalue weighted by Crippen LogP contribution is -2.43. The van der Waals surface area contributed by atoms with Crippen LogP contribution in [-0.4, -0.2) is 50.4 Å². The van der Waals surface area contributed by atoms with Crippen LogP contribution in [0.5, 0.6) is 0 Å². The predicted octanol–water partition coefficient (Wildman–Crippen LogP) is 7.77. The monoisotopic (exact) mass is 544 g/mol. The average molecular weight is 545 g/mol. The summed E-state index contributed by atoms with van der Waals surface area (Å²) in [5, 5.41) is 10.5. The Labute approximate surface area is 233 Å². The summed E-state index contributed by atoms with van der Waals surface area (Å²) in [5.41, 5.74) is 4.10. The summed E-state index contributed by atoms with van der Waals surface area (Å²) in [5.74, 6) is -0.415. The molecule has 1 unspecified atom stereocenters. The molecule has 0 aromatic heterocycles. The van der Waals surface area contributed by atoms with Gasteiger partial charge in [-0.15, -0.1) is 6.58 Å². The number of esters is 1. The van der Waals surface area contributed by atoms with Crippen molar-refractivity contribution in [3.05, 3.63) is 72.4 Å². The lowest BCUT2D eigenvalue weighted by Gasteiger charge is -2.37. The number of aliphatic hydroxyl groups excluding tert-OH is 1. The first-order valence-electron chi connectivity index (χ1n) is 13.6. The fourth-order valence-corrected chi connectivity index (χ4v) is 4.85. The molecule has 0 bridgehead atoms. The second-order valence-corrected chi connectivity index (χ2v) is 17.2. The van der Waals surface area contributed by atoms with Crippen molar-refractivity contribution in [3.63, 3.8) is 0 Å². The highest BCUT2D eigenvalue weighted by atomic mass is 28.4. The van der Waals surface area contributed by atoms with Gasteiger partial charge in [-0.1, -0.05) is 80.5 Å². The van der Waals surface area contributed by atoms with Crippen molar-refractivity contribution in [2.75, 3.05) is 6.61 Å². The van der Waals surface area contributed by atoms with Crippen molar-refractivity contribution < 1.29 is 23.8 Å². The van der Waals surface area contributed by atoms with E-state index in [4.69, 9.17) is 13.9 Å². The van der Waals surface area contributed by atoms with Crippen molar-refractivity contribution in [1.29, 1.82) is 0 Å². The van der Waals surface area contributed by atoms with Crippen LogP contribution in [0.1, 0.15) is 73.6 Å². The van der Waals surface area contributed by atoms with Gasteiger partial charge in [0, 0.05) is 12.5 Å². The van der Waals surface area contributed by atoms with Crippen molar-refractivity contribution in [1.82, 2.24) is 0 Å². The molecule has 1 aliphatic heterocycles. The first kappa shape index (κ1) is 34.0. The van der Waals surface area contributed by atoms with E-state index in [1.807, 2.05) is 32.9 Å².